The molecule has 1 fully saturated rings. The Morgan fingerprint density at radius 2 is 2.12 bits per heavy atom. The monoisotopic (exact) mass is 409 g/mol. The van der Waals surface area contributed by atoms with Crippen molar-refractivity contribution in [3.05, 3.63) is 45.4 Å². The van der Waals surface area contributed by atoms with E-state index in [0.29, 0.717) is 18.0 Å². The highest BCUT2D eigenvalue weighted by atomic mass is 79.9. The number of benzene rings is 1. The predicted octanol–water partition coefficient (Wildman–Crippen LogP) is 3.31. The van der Waals surface area contributed by atoms with Gasteiger partial charge in [0.15, 0.2) is 5.13 Å². The van der Waals surface area contributed by atoms with E-state index in [2.05, 4.69) is 31.1 Å². The van der Waals surface area contributed by atoms with Crippen molar-refractivity contribution in [2.75, 3.05) is 31.6 Å². The molecule has 1 aromatic carbocycles. The van der Waals surface area contributed by atoms with Gasteiger partial charge in [-0.3, -0.25) is 9.69 Å². The molecule has 0 unspecified atom stereocenters. The maximum absolute atomic E-state index is 12.1. The van der Waals surface area contributed by atoms with Crippen LogP contribution >= 0.6 is 27.3 Å². The second-order valence-corrected chi connectivity index (χ2v) is 7.38. The number of halogens is 1. The van der Waals surface area contributed by atoms with Crippen LogP contribution in [0.3, 0.4) is 0 Å². The number of aromatic nitrogens is 1. The van der Waals surface area contributed by atoms with E-state index in [0.717, 1.165) is 48.6 Å². The Balaban J connectivity index is 1.47. The van der Waals surface area contributed by atoms with Gasteiger partial charge >= 0.3 is 0 Å². The van der Waals surface area contributed by atoms with Crippen molar-refractivity contribution in [2.24, 2.45) is 0 Å². The highest BCUT2D eigenvalue weighted by Crippen LogP contribution is 2.19. The number of ether oxygens (including phenoxy) is 1. The number of rotatable bonds is 6. The molecule has 1 N–H and O–H groups in total. The fourth-order valence-electron chi connectivity index (χ4n) is 2.56. The lowest BCUT2D eigenvalue weighted by Crippen LogP contribution is -2.35. The number of morpholine rings is 1. The molecule has 2 aromatic rings. The van der Waals surface area contributed by atoms with Gasteiger partial charge in [0.2, 0.25) is 5.91 Å². The van der Waals surface area contributed by atoms with E-state index in [9.17, 15) is 4.79 Å². The molecule has 1 amide bonds. The molecule has 24 heavy (non-hydrogen) atoms. The van der Waals surface area contributed by atoms with Gasteiger partial charge in [-0.25, -0.2) is 4.98 Å². The molecule has 2 heterocycles. The first-order chi connectivity index (χ1) is 11.7. The smallest absolute Gasteiger partial charge is 0.226 e. The van der Waals surface area contributed by atoms with E-state index < -0.39 is 0 Å². The number of nitrogens with one attached hydrogen (secondary N) is 1. The third-order valence-corrected chi connectivity index (χ3v) is 5.45. The zero-order chi connectivity index (χ0) is 16.8. The van der Waals surface area contributed by atoms with Crippen molar-refractivity contribution in [1.82, 2.24) is 9.88 Å². The van der Waals surface area contributed by atoms with Crippen LogP contribution in [0.4, 0.5) is 5.13 Å². The quantitative estimate of drug-likeness (QED) is 0.794. The number of carbonyl (C=O) groups excluding carboxylic acids is 1. The standard InChI is InChI=1S/C17H20BrN3O2S/c18-15-4-2-1-3-13(15)5-6-16(22)20-17-19-14(12-24-17)11-21-7-9-23-10-8-21/h1-4,12H,5-11H2,(H,19,20,22). The first-order valence-corrected chi connectivity index (χ1v) is 9.66. The summed E-state index contributed by atoms with van der Waals surface area (Å²) in [5.74, 6) is -0.00183. The molecule has 0 bridgehead atoms. The topological polar surface area (TPSA) is 54.5 Å². The summed E-state index contributed by atoms with van der Waals surface area (Å²) in [5.41, 5.74) is 2.14. The van der Waals surface area contributed by atoms with E-state index >= 15 is 0 Å². The van der Waals surface area contributed by atoms with Crippen molar-refractivity contribution in [2.45, 2.75) is 19.4 Å². The van der Waals surface area contributed by atoms with Crippen LogP contribution in [0.5, 0.6) is 0 Å². The van der Waals surface area contributed by atoms with Crippen LogP contribution in [0.25, 0.3) is 0 Å². The fourth-order valence-corrected chi connectivity index (χ4v) is 3.76. The van der Waals surface area contributed by atoms with Crippen LogP contribution in [0.1, 0.15) is 17.7 Å². The lowest BCUT2D eigenvalue weighted by atomic mass is 10.1. The summed E-state index contributed by atoms with van der Waals surface area (Å²) in [5, 5.41) is 5.59. The fraction of sp³-hybridized carbons (Fsp3) is 0.412. The summed E-state index contributed by atoms with van der Waals surface area (Å²) in [7, 11) is 0. The van der Waals surface area contributed by atoms with Crippen molar-refractivity contribution in [1.29, 1.82) is 0 Å². The summed E-state index contributed by atoms with van der Waals surface area (Å²) in [6, 6.07) is 7.98. The average Bonchev–Trinajstić information content (AvgIpc) is 3.02. The molecule has 128 valence electrons. The largest absolute Gasteiger partial charge is 0.379 e. The van der Waals surface area contributed by atoms with Crippen molar-refractivity contribution in [3.8, 4) is 0 Å². The zero-order valence-corrected chi connectivity index (χ0v) is 15.7. The molecule has 7 heteroatoms. The first-order valence-electron chi connectivity index (χ1n) is 7.98. The lowest BCUT2D eigenvalue weighted by molar-refractivity contribution is -0.116. The Morgan fingerprint density at radius 1 is 1.33 bits per heavy atom. The highest BCUT2D eigenvalue weighted by molar-refractivity contribution is 9.10. The lowest BCUT2D eigenvalue weighted by Gasteiger charge is -2.25. The highest BCUT2D eigenvalue weighted by Gasteiger charge is 2.13. The minimum atomic E-state index is -0.00183. The second-order valence-electron chi connectivity index (χ2n) is 5.67. The molecule has 1 aliphatic heterocycles. The van der Waals surface area contributed by atoms with Crippen LogP contribution in [0.2, 0.25) is 0 Å². The molecular weight excluding hydrogens is 390 g/mol. The van der Waals surface area contributed by atoms with Gasteiger partial charge in [-0.05, 0) is 18.1 Å². The third kappa shape index (κ3) is 5.11. The van der Waals surface area contributed by atoms with Gasteiger partial charge in [-0.1, -0.05) is 34.1 Å². The Bertz CT molecular complexity index is 686. The van der Waals surface area contributed by atoms with Gasteiger partial charge in [0.25, 0.3) is 0 Å². The summed E-state index contributed by atoms with van der Waals surface area (Å²) >= 11 is 4.99. The average molecular weight is 410 g/mol. The van der Waals surface area contributed by atoms with Crippen molar-refractivity contribution < 1.29 is 9.53 Å². The van der Waals surface area contributed by atoms with Crippen LogP contribution in [-0.4, -0.2) is 42.1 Å². The second kappa shape index (κ2) is 8.71. The van der Waals surface area contributed by atoms with Gasteiger partial charge in [-0.2, -0.15) is 0 Å². The van der Waals surface area contributed by atoms with Gasteiger partial charge in [-0.15, -0.1) is 11.3 Å². The van der Waals surface area contributed by atoms with Crippen LogP contribution in [-0.2, 0) is 22.5 Å². The van der Waals surface area contributed by atoms with Gasteiger partial charge in [0.05, 0.1) is 18.9 Å². The minimum Gasteiger partial charge on any atom is -0.379 e. The number of hydrogen-bond donors (Lipinski definition) is 1. The summed E-state index contributed by atoms with van der Waals surface area (Å²) in [6.45, 7) is 4.24. The number of amides is 1. The van der Waals surface area contributed by atoms with Gasteiger partial charge in [0.1, 0.15) is 0 Å². The minimum absolute atomic E-state index is 0.00183. The Labute approximate surface area is 154 Å². The number of carbonyl (C=O) groups is 1. The zero-order valence-electron chi connectivity index (χ0n) is 13.3. The number of nitrogens with zero attached hydrogens (tertiary/aromatic N) is 2. The molecule has 0 spiro atoms. The maximum Gasteiger partial charge on any atom is 0.226 e. The summed E-state index contributed by atoms with van der Waals surface area (Å²) in [4.78, 5) is 18.9. The van der Waals surface area contributed by atoms with E-state index in [-0.39, 0.29) is 5.91 Å². The first kappa shape index (κ1) is 17.5. The van der Waals surface area contributed by atoms with Crippen molar-refractivity contribution in [3.63, 3.8) is 0 Å². The van der Waals surface area contributed by atoms with Crippen molar-refractivity contribution >= 4 is 38.3 Å². The Kier molecular flexibility index (Phi) is 6.37. The Morgan fingerprint density at radius 3 is 2.92 bits per heavy atom. The molecule has 0 saturated carbocycles. The van der Waals surface area contributed by atoms with Gasteiger partial charge < -0.3 is 10.1 Å². The molecule has 5 nitrogen and oxygen atoms in total. The molecule has 1 aliphatic rings. The van der Waals surface area contributed by atoms with E-state index in [1.807, 2.05) is 29.6 Å². The Hall–Kier alpha value is -1.28. The molecule has 1 aromatic heterocycles. The molecule has 0 radical (unpaired) electrons. The molecule has 0 atom stereocenters. The maximum atomic E-state index is 12.1. The van der Waals surface area contributed by atoms with E-state index in [1.165, 1.54) is 11.3 Å². The molecule has 1 saturated heterocycles. The van der Waals surface area contributed by atoms with E-state index in [1.54, 1.807) is 0 Å². The molecule has 3 rings (SSSR count). The number of anilines is 1. The van der Waals surface area contributed by atoms with Crippen LogP contribution in [0.15, 0.2) is 34.1 Å². The predicted molar refractivity (Wildman–Crippen MR) is 99.3 cm³/mol. The van der Waals surface area contributed by atoms with Gasteiger partial charge in [0, 0.05) is 35.9 Å². The molecule has 0 aliphatic carbocycles. The molecular formula is C17H20BrN3O2S. The number of aryl methyl sites for hydroxylation is 1. The number of hydrogen-bond acceptors (Lipinski definition) is 5. The normalized spacial score (nSPS) is 15.4. The third-order valence-electron chi connectivity index (χ3n) is 3.87. The van der Waals surface area contributed by atoms with Crippen LogP contribution in [0, 0.1) is 0 Å². The summed E-state index contributed by atoms with van der Waals surface area (Å²) in [6.07, 6.45) is 1.15. The van der Waals surface area contributed by atoms with E-state index in [4.69, 9.17) is 4.74 Å². The SMILES string of the molecule is O=C(CCc1ccccc1Br)Nc1nc(CN2CCOCC2)cs1. The number of thiazole rings is 1. The van der Waals surface area contributed by atoms with Crippen LogP contribution < -0.4 is 5.32 Å². The summed E-state index contributed by atoms with van der Waals surface area (Å²) < 4.78 is 6.39.